The summed E-state index contributed by atoms with van der Waals surface area (Å²) in [5, 5.41) is 3.44. The molecule has 0 amide bonds. The molecule has 0 aliphatic carbocycles. The van der Waals surface area contributed by atoms with E-state index in [1.54, 1.807) is 0 Å². The van der Waals surface area contributed by atoms with Crippen molar-refractivity contribution in [3.05, 3.63) is 30.1 Å². The molecule has 3 rings (SSSR count). The Labute approximate surface area is 119 Å². The van der Waals surface area contributed by atoms with Crippen LogP contribution in [0.1, 0.15) is 12.2 Å². The van der Waals surface area contributed by atoms with Gasteiger partial charge in [-0.25, -0.2) is 4.98 Å². The van der Waals surface area contributed by atoms with E-state index in [2.05, 4.69) is 33.0 Å². The molecule has 0 atom stereocenters. The number of benzene rings is 1. The summed E-state index contributed by atoms with van der Waals surface area (Å²) in [7, 11) is 0. The second kappa shape index (κ2) is 6.35. The molecule has 2 aromatic rings. The number of hydrogen-bond donors (Lipinski definition) is 2. The number of nitrogens with two attached hydrogens (primary N) is 1. The third-order valence-corrected chi connectivity index (χ3v) is 3.88. The quantitative estimate of drug-likeness (QED) is 0.865. The first-order valence-electron chi connectivity index (χ1n) is 7.46. The molecule has 0 bridgehead atoms. The molecule has 0 spiro atoms. The first-order chi connectivity index (χ1) is 9.88. The minimum absolute atomic E-state index is 0.648. The molecule has 2 heterocycles. The van der Waals surface area contributed by atoms with Crippen LogP contribution in [0, 0.1) is 0 Å². The summed E-state index contributed by atoms with van der Waals surface area (Å²) in [4.78, 5) is 7.28. The highest BCUT2D eigenvalue weighted by atomic mass is 15.2. The van der Waals surface area contributed by atoms with Crippen LogP contribution in [0.2, 0.25) is 0 Å². The molecule has 0 unspecified atom stereocenters. The van der Waals surface area contributed by atoms with Crippen molar-refractivity contribution in [2.24, 2.45) is 5.73 Å². The first-order valence-corrected chi connectivity index (χ1v) is 7.46. The van der Waals surface area contributed by atoms with E-state index in [1.165, 1.54) is 11.9 Å². The van der Waals surface area contributed by atoms with E-state index < -0.39 is 0 Å². The van der Waals surface area contributed by atoms with E-state index >= 15 is 0 Å². The monoisotopic (exact) mass is 273 g/mol. The number of imidazole rings is 1. The van der Waals surface area contributed by atoms with Gasteiger partial charge in [0.2, 0.25) is 0 Å². The van der Waals surface area contributed by atoms with Gasteiger partial charge in [0, 0.05) is 26.2 Å². The molecule has 1 aliphatic rings. The zero-order valence-electron chi connectivity index (χ0n) is 11.9. The first kappa shape index (κ1) is 13.5. The van der Waals surface area contributed by atoms with E-state index in [0.29, 0.717) is 6.54 Å². The SMILES string of the molecule is NCCn1c(CN2CCCNCC2)nc2ccccc21. The number of fused-ring (bicyclic) bond motifs is 1. The van der Waals surface area contributed by atoms with Crippen LogP contribution in [0.5, 0.6) is 0 Å². The summed E-state index contributed by atoms with van der Waals surface area (Å²) >= 11 is 0. The molecule has 5 heteroatoms. The second-order valence-corrected chi connectivity index (χ2v) is 5.34. The number of rotatable bonds is 4. The van der Waals surface area contributed by atoms with Crippen LogP contribution in [0.25, 0.3) is 11.0 Å². The average Bonchev–Trinajstić information content (AvgIpc) is 2.64. The molecule has 0 saturated carbocycles. The summed E-state index contributed by atoms with van der Waals surface area (Å²) in [6.45, 7) is 6.81. The van der Waals surface area contributed by atoms with E-state index in [9.17, 15) is 0 Å². The summed E-state index contributed by atoms with van der Waals surface area (Å²) in [5.41, 5.74) is 8.03. The molecule has 0 radical (unpaired) electrons. The molecule has 20 heavy (non-hydrogen) atoms. The maximum atomic E-state index is 5.77. The molecule has 1 fully saturated rings. The molecule has 1 aliphatic heterocycles. The van der Waals surface area contributed by atoms with Crippen LogP contribution in [-0.4, -0.2) is 47.2 Å². The molecule has 1 aromatic heterocycles. The molecular formula is C15H23N5. The zero-order chi connectivity index (χ0) is 13.8. The standard InChI is InChI=1S/C15H23N5/c16-6-10-20-14-5-2-1-4-13(14)18-15(20)12-19-9-3-7-17-8-11-19/h1-2,4-5,17H,3,6-12,16H2. The summed E-state index contributed by atoms with van der Waals surface area (Å²) in [6.07, 6.45) is 1.21. The lowest BCUT2D eigenvalue weighted by Crippen LogP contribution is -2.29. The van der Waals surface area contributed by atoms with Crippen molar-refractivity contribution in [2.75, 3.05) is 32.7 Å². The Bertz CT molecular complexity index is 554. The van der Waals surface area contributed by atoms with Gasteiger partial charge in [0.25, 0.3) is 0 Å². The minimum Gasteiger partial charge on any atom is -0.329 e. The largest absolute Gasteiger partial charge is 0.329 e. The maximum Gasteiger partial charge on any atom is 0.124 e. The van der Waals surface area contributed by atoms with Gasteiger partial charge in [-0.1, -0.05) is 12.1 Å². The van der Waals surface area contributed by atoms with Crippen molar-refractivity contribution in [1.82, 2.24) is 19.8 Å². The van der Waals surface area contributed by atoms with Gasteiger partial charge in [0.05, 0.1) is 17.6 Å². The van der Waals surface area contributed by atoms with Crippen molar-refractivity contribution in [3.8, 4) is 0 Å². The van der Waals surface area contributed by atoms with Crippen molar-refractivity contribution < 1.29 is 0 Å². The van der Waals surface area contributed by atoms with Gasteiger partial charge in [-0.05, 0) is 31.6 Å². The minimum atomic E-state index is 0.648. The molecule has 5 nitrogen and oxygen atoms in total. The Morgan fingerprint density at radius 2 is 2.10 bits per heavy atom. The summed E-state index contributed by atoms with van der Waals surface area (Å²) in [6, 6.07) is 8.32. The van der Waals surface area contributed by atoms with Crippen LogP contribution in [0.4, 0.5) is 0 Å². The topological polar surface area (TPSA) is 59.1 Å². The summed E-state index contributed by atoms with van der Waals surface area (Å²) < 4.78 is 2.27. The van der Waals surface area contributed by atoms with Gasteiger partial charge in [-0.3, -0.25) is 4.90 Å². The Hall–Kier alpha value is -1.43. The van der Waals surface area contributed by atoms with Crippen molar-refractivity contribution >= 4 is 11.0 Å². The third kappa shape index (κ3) is 2.85. The van der Waals surface area contributed by atoms with Crippen LogP contribution >= 0.6 is 0 Å². The smallest absolute Gasteiger partial charge is 0.124 e. The highest BCUT2D eigenvalue weighted by Crippen LogP contribution is 2.17. The van der Waals surface area contributed by atoms with Crippen molar-refractivity contribution in [2.45, 2.75) is 19.5 Å². The molecule has 108 valence electrons. The fraction of sp³-hybridized carbons (Fsp3) is 0.533. The van der Waals surface area contributed by atoms with E-state index in [0.717, 1.165) is 50.6 Å². The fourth-order valence-corrected chi connectivity index (χ4v) is 2.88. The lowest BCUT2D eigenvalue weighted by Gasteiger charge is -2.19. The van der Waals surface area contributed by atoms with Gasteiger partial charge in [-0.15, -0.1) is 0 Å². The fourth-order valence-electron chi connectivity index (χ4n) is 2.88. The highest BCUT2D eigenvalue weighted by Gasteiger charge is 2.15. The lowest BCUT2D eigenvalue weighted by atomic mass is 10.3. The third-order valence-electron chi connectivity index (χ3n) is 3.88. The van der Waals surface area contributed by atoms with Crippen LogP contribution < -0.4 is 11.1 Å². The van der Waals surface area contributed by atoms with Crippen LogP contribution in [0.3, 0.4) is 0 Å². The molecule has 3 N–H and O–H groups in total. The number of hydrogen-bond acceptors (Lipinski definition) is 4. The van der Waals surface area contributed by atoms with Gasteiger partial charge in [0.1, 0.15) is 5.82 Å². The maximum absolute atomic E-state index is 5.77. The Kier molecular flexibility index (Phi) is 4.30. The molecule has 1 aromatic carbocycles. The summed E-state index contributed by atoms with van der Waals surface area (Å²) in [5.74, 6) is 1.14. The normalized spacial score (nSPS) is 17.4. The lowest BCUT2D eigenvalue weighted by molar-refractivity contribution is 0.273. The Balaban J connectivity index is 1.87. The highest BCUT2D eigenvalue weighted by molar-refractivity contribution is 5.75. The van der Waals surface area contributed by atoms with E-state index in [-0.39, 0.29) is 0 Å². The van der Waals surface area contributed by atoms with Gasteiger partial charge in [0.15, 0.2) is 0 Å². The van der Waals surface area contributed by atoms with E-state index in [1.807, 2.05) is 6.07 Å². The molecular weight excluding hydrogens is 250 g/mol. The number of aromatic nitrogens is 2. The molecule has 1 saturated heterocycles. The van der Waals surface area contributed by atoms with Gasteiger partial charge in [-0.2, -0.15) is 0 Å². The Morgan fingerprint density at radius 1 is 1.20 bits per heavy atom. The van der Waals surface area contributed by atoms with Crippen molar-refractivity contribution in [1.29, 1.82) is 0 Å². The second-order valence-electron chi connectivity index (χ2n) is 5.34. The van der Waals surface area contributed by atoms with E-state index in [4.69, 9.17) is 10.7 Å². The van der Waals surface area contributed by atoms with Crippen LogP contribution in [-0.2, 0) is 13.1 Å². The number of para-hydroxylation sites is 2. The Morgan fingerprint density at radius 3 is 3.00 bits per heavy atom. The zero-order valence-corrected chi connectivity index (χ0v) is 11.9. The van der Waals surface area contributed by atoms with Gasteiger partial charge < -0.3 is 15.6 Å². The number of nitrogens with zero attached hydrogens (tertiary/aromatic N) is 3. The average molecular weight is 273 g/mol. The number of nitrogens with one attached hydrogen (secondary N) is 1. The van der Waals surface area contributed by atoms with Crippen molar-refractivity contribution in [3.63, 3.8) is 0 Å². The predicted octanol–water partition coefficient (Wildman–Crippen LogP) is 0.790. The van der Waals surface area contributed by atoms with Crippen LogP contribution in [0.15, 0.2) is 24.3 Å². The predicted molar refractivity (Wildman–Crippen MR) is 81.6 cm³/mol. The van der Waals surface area contributed by atoms with Gasteiger partial charge >= 0.3 is 0 Å².